The summed E-state index contributed by atoms with van der Waals surface area (Å²) in [6.07, 6.45) is 9.63. The molecule has 0 atom stereocenters. The fourth-order valence-corrected chi connectivity index (χ4v) is 3.92. The third-order valence-corrected chi connectivity index (χ3v) is 5.61. The van der Waals surface area contributed by atoms with Crippen molar-refractivity contribution in [3.63, 3.8) is 0 Å². The van der Waals surface area contributed by atoms with Crippen molar-refractivity contribution in [1.29, 1.82) is 0 Å². The van der Waals surface area contributed by atoms with Crippen LogP contribution in [-0.2, 0) is 12.5 Å². The van der Waals surface area contributed by atoms with Crippen molar-refractivity contribution < 1.29 is 13.5 Å². The molecule has 1 heterocycles. The lowest BCUT2D eigenvalue weighted by Crippen LogP contribution is -2.20. The van der Waals surface area contributed by atoms with E-state index in [1.165, 1.54) is 12.5 Å². The molecule has 1 aliphatic carbocycles. The van der Waals surface area contributed by atoms with Gasteiger partial charge in [0, 0.05) is 30.2 Å². The average molecular weight is 406 g/mol. The number of ether oxygens (including phenoxy) is 1. The zero-order valence-corrected chi connectivity index (χ0v) is 17.8. The Morgan fingerprint density at radius 2 is 1.97 bits per heavy atom. The number of hydrogen-bond acceptors (Lipinski definition) is 3. The molecular weight excluding hydrogens is 372 g/mol. The lowest BCUT2D eigenvalue weighted by molar-refractivity contribution is 0.0170. The van der Waals surface area contributed by atoms with Crippen molar-refractivity contribution in [1.82, 2.24) is 15.1 Å². The van der Waals surface area contributed by atoms with E-state index < -0.39 is 5.92 Å². The Morgan fingerprint density at radius 3 is 2.66 bits per heavy atom. The molecular formula is C23H33F2N3O. The van der Waals surface area contributed by atoms with Gasteiger partial charge in [0.1, 0.15) is 5.75 Å². The Balaban J connectivity index is 1.88. The quantitative estimate of drug-likeness (QED) is 0.545. The first-order valence-corrected chi connectivity index (χ1v) is 10.8. The molecule has 3 rings (SSSR count). The number of hydrogen-bond donors (Lipinski definition) is 1. The highest BCUT2D eigenvalue weighted by Gasteiger charge is 2.27. The van der Waals surface area contributed by atoms with E-state index in [0.717, 1.165) is 69.8 Å². The molecule has 0 amide bonds. The van der Waals surface area contributed by atoms with Gasteiger partial charge in [-0.15, -0.1) is 0 Å². The van der Waals surface area contributed by atoms with Gasteiger partial charge < -0.3 is 9.64 Å². The predicted octanol–water partition coefficient (Wildman–Crippen LogP) is 6.13. The molecule has 1 saturated carbocycles. The molecule has 0 unspecified atom stereocenters. The van der Waals surface area contributed by atoms with Crippen molar-refractivity contribution >= 4 is 0 Å². The molecule has 6 heteroatoms. The second-order valence-electron chi connectivity index (χ2n) is 8.37. The SMILES string of the molecule is CCCCN(C)Cc1cn[nH]c1-c1cc(OC2CCCCC2)cc(C(C)(F)F)c1. The summed E-state index contributed by atoms with van der Waals surface area (Å²) >= 11 is 0. The van der Waals surface area contributed by atoms with Gasteiger partial charge in [0.15, 0.2) is 0 Å². The van der Waals surface area contributed by atoms with Crippen LogP contribution >= 0.6 is 0 Å². The van der Waals surface area contributed by atoms with E-state index in [-0.39, 0.29) is 11.7 Å². The van der Waals surface area contributed by atoms with Crippen LogP contribution < -0.4 is 4.74 Å². The second kappa shape index (κ2) is 9.70. The number of nitrogens with zero attached hydrogens (tertiary/aromatic N) is 2. The molecule has 29 heavy (non-hydrogen) atoms. The third-order valence-electron chi connectivity index (χ3n) is 5.61. The van der Waals surface area contributed by atoms with Crippen molar-refractivity contribution in [3.8, 4) is 17.0 Å². The van der Waals surface area contributed by atoms with Gasteiger partial charge in [-0.05, 0) is 63.9 Å². The zero-order valence-electron chi connectivity index (χ0n) is 17.8. The Hall–Kier alpha value is -1.95. The molecule has 160 valence electrons. The fraction of sp³-hybridized carbons (Fsp3) is 0.609. The van der Waals surface area contributed by atoms with Crippen molar-refractivity contribution in [2.45, 2.75) is 77.4 Å². The number of aromatic amines is 1. The van der Waals surface area contributed by atoms with Gasteiger partial charge in [0.25, 0.3) is 5.92 Å². The number of unbranched alkanes of at least 4 members (excludes halogenated alkanes) is 1. The summed E-state index contributed by atoms with van der Waals surface area (Å²) in [5, 5.41) is 7.20. The fourth-order valence-electron chi connectivity index (χ4n) is 3.92. The zero-order chi connectivity index (χ0) is 20.9. The molecule has 2 aromatic rings. The number of H-pyrrole nitrogens is 1. The van der Waals surface area contributed by atoms with E-state index in [0.29, 0.717) is 11.3 Å². The van der Waals surface area contributed by atoms with Crippen LogP contribution in [-0.4, -0.2) is 34.8 Å². The molecule has 1 aromatic carbocycles. The van der Waals surface area contributed by atoms with Crippen LogP contribution in [0.5, 0.6) is 5.75 Å². The van der Waals surface area contributed by atoms with Crippen LogP contribution in [0.4, 0.5) is 8.78 Å². The molecule has 0 aliphatic heterocycles. The Morgan fingerprint density at radius 1 is 1.21 bits per heavy atom. The monoisotopic (exact) mass is 405 g/mol. The minimum Gasteiger partial charge on any atom is -0.490 e. The molecule has 0 saturated heterocycles. The van der Waals surface area contributed by atoms with Gasteiger partial charge in [-0.1, -0.05) is 19.8 Å². The van der Waals surface area contributed by atoms with E-state index in [2.05, 4.69) is 29.1 Å². The number of halogens is 2. The van der Waals surface area contributed by atoms with Crippen LogP contribution in [0.1, 0.15) is 69.9 Å². The Bertz CT molecular complexity index is 779. The topological polar surface area (TPSA) is 41.2 Å². The molecule has 1 N–H and O–H groups in total. The van der Waals surface area contributed by atoms with Gasteiger partial charge >= 0.3 is 0 Å². The number of rotatable bonds is 9. The van der Waals surface area contributed by atoms with Gasteiger partial charge in [-0.25, -0.2) is 8.78 Å². The summed E-state index contributed by atoms with van der Waals surface area (Å²) in [6.45, 7) is 4.81. The first-order chi connectivity index (χ1) is 13.9. The Kier molecular flexibility index (Phi) is 7.28. The smallest absolute Gasteiger partial charge is 0.270 e. The highest BCUT2D eigenvalue weighted by Crippen LogP contribution is 2.36. The summed E-state index contributed by atoms with van der Waals surface area (Å²) in [6, 6.07) is 4.91. The van der Waals surface area contributed by atoms with E-state index in [4.69, 9.17) is 4.74 Å². The molecule has 4 nitrogen and oxygen atoms in total. The lowest BCUT2D eigenvalue weighted by atomic mass is 9.97. The van der Waals surface area contributed by atoms with Crippen molar-refractivity contribution in [2.75, 3.05) is 13.6 Å². The Labute approximate surface area is 172 Å². The summed E-state index contributed by atoms with van der Waals surface area (Å²) < 4.78 is 34.5. The maximum Gasteiger partial charge on any atom is 0.270 e. The maximum absolute atomic E-state index is 14.2. The van der Waals surface area contributed by atoms with Crippen molar-refractivity contribution in [3.05, 3.63) is 35.5 Å². The maximum atomic E-state index is 14.2. The van der Waals surface area contributed by atoms with E-state index in [1.54, 1.807) is 12.3 Å². The third kappa shape index (κ3) is 6.01. The van der Waals surface area contributed by atoms with Crippen LogP contribution in [0, 0.1) is 0 Å². The van der Waals surface area contributed by atoms with Gasteiger partial charge in [0.05, 0.1) is 18.0 Å². The van der Waals surface area contributed by atoms with Crippen LogP contribution in [0.25, 0.3) is 11.3 Å². The van der Waals surface area contributed by atoms with Crippen LogP contribution in [0.2, 0.25) is 0 Å². The van der Waals surface area contributed by atoms with E-state index >= 15 is 0 Å². The molecule has 0 bridgehead atoms. The largest absolute Gasteiger partial charge is 0.490 e. The first kappa shape index (κ1) is 21.8. The number of alkyl halides is 2. The second-order valence-corrected chi connectivity index (χ2v) is 8.37. The minimum atomic E-state index is -2.93. The summed E-state index contributed by atoms with van der Waals surface area (Å²) in [5.74, 6) is -2.41. The average Bonchev–Trinajstić information content (AvgIpc) is 3.14. The predicted molar refractivity (Wildman–Crippen MR) is 112 cm³/mol. The number of aromatic nitrogens is 2. The number of benzene rings is 1. The molecule has 0 radical (unpaired) electrons. The number of nitrogens with one attached hydrogen (secondary N) is 1. The molecule has 0 spiro atoms. The minimum absolute atomic E-state index is 0.0271. The highest BCUT2D eigenvalue weighted by molar-refractivity contribution is 5.66. The summed E-state index contributed by atoms with van der Waals surface area (Å²) in [4.78, 5) is 2.23. The highest BCUT2D eigenvalue weighted by atomic mass is 19.3. The lowest BCUT2D eigenvalue weighted by Gasteiger charge is -2.24. The van der Waals surface area contributed by atoms with Crippen LogP contribution in [0.15, 0.2) is 24.4 Å². The van der Waals surface area contributed by atoms with Gasteiger partial charge in [0.2, 0.25) is 0 Å². The summed E-state index contributed by atoms with van der Waals surface area (Å²) in [5.41, 5.74) is 2.46. The van der Waals surface area contributed by atoms with E-state index in [1.807, 2.05) is 6.07 Å². The normalized spacial score (nSPS) is 15.8. The standard InChI is InChI=1S/C23H33F2N3O/c1-4-5-11-28(3)16-18-15-26-27-22(18)17-12-19(23(2,24)25)14-21(13-17)29-20-9-7-6-8-10-20/h12-15,20H,4-11,16H2,1-3H3,(H,26,27). The van der Waals surface area contributed by atoms with E-state index in [9.17, 15) is 8.78 Å². The van der Waals surface area contributed by atoms with Crippen LogP contribution in [0.3, 0.4) is 0 Å². The molecule has 1 aromatic heterocycles. The van der Waals surface area contributed by atoms with Crippen molar-refractivity contribution in [2.24, 2.45) is 0 Å². The summed E-state index contributed by atoms with van der Waals surface area (Å²) in [7, 11) is 2.07. The van der Waals surface area contributed by atoms with Gasteiger partial charge in [-0.3, -0.25) is 5.10 Å². The first-order valence-electron chi connectivity index (χ1n) is 10.8. The molecule has 1 aliphatic rings. The van der Waals surface area contributed by atoms with Gasteiger partial charge in [-0.2, -0.15) is 5.10 Å². The molecule has 1 fully saturated rings.